The van der Waals surface area contributed by atoms with E-state index in [9.17, 15) is 9.59 Å². The van der Waals surface area contributed by atoms with Crippen molar-refractivity contribution in [2.75, 3.05) is 26.8 Å². The van der Waals surface area contributed by atoms with Crippen molar-refractivity contribution >= 4 is 5.91 Å². The number of methoxy groups -OCH3 is 1. The fourth-order valence-electron chi connectivity index (χ4n) is 3.47. The number of carbonyl (C=O) groups excluding carboxylic acids is 1. The van der Waals surface area contributed by atoms with Gasteiger partial charge in [0.1, 0.15) is 17.3 Å². The average molecular weight is 406 g/mol. The van der Waals surface area contributed by atoms with Crippen molar-refractivity contribution in [3.8, 4) is 22.9 Å². The maximum Gasteiger partial charge on any atom is 0.260 e. The summed E-state index contributed by atoms with van der Waals surface area (Å²) < 4.78 is 10.7. The van der Waals surface area contributed by atoms with Crippen LogP contribution < -0.4 is 15.0 Å². The molecule has 0 spiro atoms. The van der Waals surface area contributed by atoms with Crippen molar-refractivity contribution in [1.82, 2.24) is 19.9 Å². The highest BCUT2D eigenvalue weighted by Gasteiger charge is 2.29. The number of H-pyrrole nitrogens is 1. The molecular weight excluding hydrogens is 384 g/mol. The number of amides is 1. The van der Waals surface area contributed by atoms with Crippen LogP contribution >= 0.6 is 0 Å². The molecule has 0 bridgehead atoms. The van der Waals surface area contributed by atoms with E-state index in [1.54, 1.807) is 60.8 Å². The Labute approximate surface area is 173 Å². The van der Waals surface area contributed by atoms with Crippen molar-refractivity contribution < 1.29 is 14.3 Å². The van der Waals surface area contributed by atoms with Crippen LogP contribution in [0.25, 0.3) is 11.4 Å². The minimum atomic E-state index is -0.209. The monoisotopic (exact) mass is 406 g/mol. The number of rotatable bonds is 6. The molecule has 1 fully saturated rings. The third-order valence-electron chi connectivity index (χ3n) is 5.10. The quantitative estimate of drug-likeness (QED) is 0.674. The number of carbonyl (C=O) groups is 1. The predicted octanol–water partition coefficient (Wildman–Crippen LogP) is 2.24. The third kappa shape index (κ3) is 4.48. The van der Waals surface area contributed by atoms with Crippen LogP contribution in [0, 0.1) is 0 Å². The second-order valence-corrected chi connectivity index (χ2v) is 7.04. The van der Waals surface area contributed by atoms with Gasteiger partial charge in [-0.05, 0) is 42.8 Å². The maximum atomic E-state index is 12.6. The second kappa shape index (κ2) is 8.77. The lowest BCUT2D eigenvalue weighted by atomic mass is 10.0. The molecule has 3 heterocycles. The number of likely N-dealkylation sites (tertiary alicyclic amines) is 1. The zero-order chi connectivity index (χ0) is 20.9. The van der Waals surface area contributed by atoms with Gasteiger partial charge < -0.3 is 19.4 Å². The summed E-state index contributed by atoms with van der Waals surface area (Å²) in [5.74, 6) is 1.77. The van der Waals surface area contributed by atoms with Crippen LogP contribution in [0.3, 0.4) is 0 Å². The Bertz CT molecular complexity index is 1070. The molecule has 1 atom stereocenters. The third-order valence-corrected chi connectivity index (χ3v) is 5.10. The fourth-order valence-corrected chi connectivity index (χ4v) is 3.47. The number of hydrogen-bond acceptors (Lipinski definition) is 6. The van der Waals surface area contributed by atoms with E-state index < -0.39 is 0 Å². The molecule has 4 rings (SSSR count). The molecule has 1 aliphatic rings. The fraction of sp³-hybridized carbons (Fsp3) is 0.273. The Hall–Kier alpha value is -3.68. The van der Waals surface area contributed by atoms with Crippen LogP contribution in [-0.2, 0) is 4.79 Å². The molecule has 1 aliphatic heterocycles. The van der Waals surface area contributed by atoms with Crippen LogP contribution in [0.1, 0.15) is 18.0 Å². The number of pyridine rings is 1. The lowest BCUT2D eigenvalue weighted by Gasteiger charge is -2.17. The van der Waals surface area contributed by atoms with Crippen molar-refractivity contribution in [2.45, 2.75) is 12.3 Å². The van der Waals surface area contributed by atoms with E-state index in [4.69, 9.17) is 9.47 Å². The molecular formula is C22H22N4O4. The predicted molar refractivity (Wildman–Crippen MR) is 111 cm³/mol. The highest BCUT2D eigenvalue weighted by Crippen LogP contribution is 2.26. The van der Waals surface area contributed by atoms with Gasteiger partial charge in [-0.1, -0.05) is 0 Å². The SMILES string of the molecule is COc1ccc(OCC(=O)N2CC[C@H](c3cc(=O)[nH]c(-c4ccncc4)n3)C2)cc1. The maximum absolute atomic E-state index is 12.6. The zero-order valence-corrected chi connectivity index (χ0v) is 16.6. The van der Waals surface area contributed by atoms with Crippen LogP contribution in [0.15, 0.2) is 59.7 Å². The largest absolute Gasteiger partial charge is 0.497 e. The first kappa shape index (κ1) is 19.6. The second-order valence-electron chi connectivity index (χ2n) is 7.04. The smallest absolute Gasteiger partial charge is 0.260 e. The number of nitrogens with zero attached hydrogens (tertiary/aromatic N) is 3. The lowest BCUT2D eigenvalue weighted by Crippen LogP contribution is -2.33. The molecule has 0 unspecified atom stereocenters. The average Bonchev–Trinajstić information content (AvgIpc) is 3.28. The summed E-state index contributed by atoms with van der Waals surface area (Å²) in [4.78, 5) is 37.8. The lowest BCUT2D eigenvalue weighted by molar-refractivity contribution is -0.132. The van der Waals surface area contributed by atoms with Crippen molar-refractivity contribution in [3.63, 3.8) is 0 Å². The molecule has 154 valence electrons. The van der Waals surface area contributed by atoms with Gasteiger partial charge in [0, 0.05) is 43.0 Å². The Morgan fingerprint density at radius 3 is 2.63 bits per heavy atom. The van der Waals surface area contributed by atoms with Crippen LogP contribution in [-0.4, -0.2) is 52.6 Å². The van der Waals surface area contributed by atoms with Crippen LogP contribution in [0.4, 0.5) is 0 Å². The first-order chi connectivity index (χ1) is 14.6. The van der Waals surface area contributed by atoms with Crippen molar-refractivity contribution in [1.29, 1.82) is 0 Å². The van der Waals surface area contributed by atoms with Gasteiger partial charge >= 0.3 is 0 Å². The molecule has 0 radical (unpaired) electrons. The van der Waals surface area contributed by atoms with E-state index in [-0.39, 0.29) is 24.0 Å². The minimum Gasteiger partial charge on any atom is -0.497 e. The molecule has 8 heteroatoms. The summed E-state index contributed by atoms with van der Waals surface area (Å²) in [6, 6.07) is 12.2. The summed E-state index contributed by atoms with van der Waals surface area (Å²) in [6.45, 7) is 1.08. The molecule has 8 nitrogen and oxygen atoms in total. The number of ether oxygens (including phenoxy) is 2. The minimum absolute atomic E-state index is 0.0119. The van der Waals surface area contributed by atoms with Crippen molar-refractivity contribution in [3.05, 3.63) is 70.9 Å². The first-order valence-corrected chi connectivity index (χ1v) is 9.68. The van der Waals surface area contributed by atoms with E-state index >= 15 is 0 Å². The molecule has 1 aromatic carbocycles. The van der Waals surface area contributed by atoms with Gasteiger partial charge in [0.05, 0.1) is 12.8 Å². The van der Waals surface area contributed by atoms with Crippen molar-refractivity contribution in [2.24, 2.45) is 0 Å². The Morgan fingerprint density at radius 2 is 1.90 bits per heavy atom. The Morgan fingerprint density at radius 1 is 1.17 bits per heavy atom. The standard InChI is InChI=1S/C22H22N4O4/c1-29-17-2-4-18(5-3-17)30-14-21(28)26-11-8-16(13-26)19-12-20(27)25-22(24-19)15-6-9-23-10-7-15/h2-7,9-10,12,16H,8,11,13-14H2,1H3,(H,24,25,27)/t16-/m0/s1. The molecule has 1 amide bonds. The highest BCUT2D eigenvalue weighted by molar-refractivity contribution is 5.78. The van der Waals surface area contributed by atoms with E-state index in [0.29, 0.717) is 30.4 Å². The van der Waals surface area contributed by atoms with Crippen LogP contribution in [0.5, 0.6) is 11.5 Å². The van der Waals surface area contributed by atoms with E-state index in [2.05, 4.69) is 15.0 Å². The summed E-state index contributed by atoms with van der Waals surface area (Å²) >= 11 is 0. The normalized spacial score (nSPS) is 15.8. The highest BCUT2D eigenvalue weighted by atomic mass is 16.5. The van der Waals surface area contributed by atoms with Gasteiger partial charge in [-0.25, -0.2) is 4.98 Å². The van der Waals surface area contributed by atoms with Crippen LogP contribution in [0.2, 0.25) is 0 Å². The van der Waals surface area contributed by atoms with Gasteiger partial charge in [-0.3, -0.25) is 14.6 Å². The number of hydrogen-bond donors (Lipinski definition) is 1. The number of nitrogens with one attached hydrogen (secondary N) is 1. The van der Waals surface area contributed by atoms with E-state index in [1.807, 2.05) is 0 Å². The first-order valence-electron chi connectivity index (χ1n) is 9.68. The molecule has 1 N–H and O–H groups in total. The summed E-state index contributed by atoms with van der Waals surface area (Å²) in [5, 5.41) is 0. The van der Waals surface area contributed by atoms with E-state index in [0.717, 1.165) is 17.7 Å². The molecule has 2 aromatic heterocycles. The molecule has 0 aliphatic carbocycles. The molecule has 1 saturated heterocycles. The van der Waals surface area contributed by atoms with Gasteiger partial charge in [0.2, 0.25) is 0 Å². The number of aromatic nitrogens is 3. The van der Waals surface area contributed by atoms with Gasteiger partial charge in [0.25, 0.3) is 11.5 Å². The molecule has 30 heavy (non-hydrogen) atoms. The molecule has 3 aromatic rings. The van der Waals surface area contributed by atoms with Gasteiger partial charge in [0.15, 0.2) is 6.61 Å². The summed E-state index contributed by atoms with van der Waals surface area (Å²) in [6.07, 6.45) is 4.06. The van der Waals surface area contributed by atoms with Gasteiger partial charge in [-0.15, -0.1) is 0 Å². The summed E-state index contributed by atoms with van der Waals surface area (Å²) in [5.41, 5.74) is 1.28. The Kier molecular flexibility index (Phi) is 5.74. The van der Waals surface area contributed by atoms with Gasteiger partial charge in [-0.2, -0.15) is 0 Å². The van der Waals surface area contributed by atoms with E-state index in [1.165, 1.54) is 6.07 Å². The number of aromatic amines is 1. The molecule has 0 saturated carbocycles. The Balaban J connectivity index is 1.39. The topological polar surface area (TPSA) is 97.4 Å². The number of benzene rings is 1. The summed E-state index contributed by atoms with van der Waals surface area (Å²) in [7, 11) is 1.60. The zero-order valence-electron chi connectivity index (χ0n) is 16.6.